The molecule has 13 heavy (non-hydrogen) atoms. The van der Waals surface area contributed by atoms with Crippen molar-refractivity contribution in [3.8, 4) is 0 Å². The van der Waals surface area contributed by atoms with Crippen LogP contribution < -0.4 is 5.32 Å². The van der Waals surface area contributed by atoms with Gasteiger partial charge in [0.15, 0.2) is 0 Å². The molecule has 1 aromatic carbocycles. The first kappa shape index (κ1) is 10.0. The second-order valence-corrected chi connectivity index (χ2v) is 3.45. The van der Waals surface area contributed by atoms with Crippen LogP contribution in [0.15, 0.2) is 18.2 Å². The lowest BCUT2D eigenvalue weighted by molar-refractivity contribution is 0.625. The van der Waals surface area contributed by atoms with Gasteiger partial charge in [-0.05, 0) is 44.0 Å². The number of nitrogens with one attached hydrogen (secondary N) is 1. The van der Waals surface area contributed by atoms with E-state index in [0.29, 0.717) is 6.04 Å². The summed E-state index contributed by atoms with van der Waals surface area (Å²) < 4.78 is 12.8. The van der Waals surface area contributed by atoms with Crippen LogP contribution in [-0.2, 0) is 6.42 Å². The van der Waals surface area contributed by atoms with E-state index in [-0.39, 0.29) is 5.82 Å². The molecule has 0 unspecified atom stereocenters. The lowest BCUT2D eigenvalue weighted by Crippen LogP contribution is -2.11. The third-order valence-electron chi connectivity index (χ3n) is 1.89. The maximum atomic E-state index is 12.8. The molecular weight excluding hydrogens is 165 g/mol. The molecule has 0 saturated carbocycles. The average Bonchev–Trinajstić information content (AvgIpc) is 2.07. The molecule has 1 N–H and O–H groups in total. The van der Waals surface area contributed by atoms with Crippen LogP contribution in [0.5, 0.6) is 0 Å². The van der Waals surface area contributed by atoms with Crippen molar-refractivity contribution in [2.75, 3.05) is 5.32 Å². The van der Waals surface area contributed by atoms with E-state index in [2.05, 4.69) is 19.2 Å². The first-order valence-corrected chi connectivity index (χ1v) is 4.68. The van der Waals surface area contributed by atoms with Crippen molar-refractivity contribution in [1.82, 2.24) is 0 Å². The first-order chi connectivity index (χ1) is 6.13. The fourth-order valence-corrected chi connectivity index (χ4v) is 1.31. The Kier molecular flexibility index (Phi) is 3.29. The summed E-state index contributed by atoms with van der Waals surface area (Å²) in [6.45, 7) is 6.17. The molecule has 1 nitrogen and oxygen atoms in total. The van der Waals surface area contributed by atoms with Crippen LogP contribution in [0.2, 0.25) is 0 Å². The Bertz CT molecular complexity index is 281. The summed E-state index contributed by atoms with van der Waals surface area (Å²) >= 11 is 0. The summed E-state index contributed by atoms with van der Waals surface area (Å²) in [6, 6.07) is 5.26. The minimum atomic E-state index is -0.161. The molecule has 0 aromatic heterocycles. The highest BCUT2D eigenvalue weighted by molar-refractivity contribution is 5.51. The van der Waals surface area contributed by atoms with Gasteiger partial charge in [-0.1, -0.05) is 6.92 Å². The molecule has 0 fully saturated rings. The lowest BCUT2D eigenvalue weighted by atomic mass is 10.1. The van der Waals surface area contributed by atoms with Crippen molar-refractivity contribution in [3.63, 3.8) is 0 Å². The molecule has 72 valence electrons. The number of anilines is 1. The zero-order valence-corrected chi connectivity index (χ0v) is 8.39. The van der Waals surface area contributed by atoms with Crippen LogP contribution in [0.25, 0.3) is 0 Å². The number of aryl methyl sites for hydroxylation is 1. The highest BCUT2D eigenvalue weighted by Crippen LogP contribution is 2.18. The summed E-state index contributed by atoms with van der Waals surface area (Å²) in [6.07, 6.45) is 0.854. The Balaban J connectivity index is 2.92. The molecule has 0 aliphatic carbocycles. The predicted molar refractivity (Wildman–Crippen MR) is 54.5 cm³/mol. The highest BCUT2D eigenvalue weighted by atomic mass is 19.1. The Morgan fingerprint density at radius 3 is 2.62 bits per heavy atom. The quantitative estimate of drug-likeness (QED) is 0.755. The van der Waals surface area contributed by atoms with E-state index in [1.165, 1.54) is 6.07 Å². The zero-order valence-electron chi connectivity index (χ0n) is 8.39. The molecule has 0 spiro atoms. The molecule has 0 atom stereocenters. The van der Waals surface area contributed by atoms with Gasteiger partial charge in [-0.2, -0.15) is 0 Å². The standard InChI is InChI=1S/C11H16FN/c1-4-9-7-10(12)5-6-11(9)13-8(2)3/h5-8,13H,4H2,1-3H3. The molecule has 2 heteroatoms. The van der Waals surface area contributed by atoms with E-state index in [1.54, 1.807) is 12.1 Å². The number of benzene rings is 1. The largest absolute Gasteiger partial charge is 0.383 e. The van der Waals surface area contributed by atoms with Gasteiger partial charge in [0.25, 0.3) is 0 Å². The zero-order chi connectivity index (χ0) is 9.84. The van der Waals surface area contributed by atoms with Gasteiger partial charge >= 0.3 is 0 Å². The summed E-state index contributed by atoms with van der Waals surface area (Å²) in [5.41, 5.74) is 2.08. The molecule has 1 rings (SSSR count). The lowest BCUT2D eigenvalue weighted by Gasteiger charge is -2.13. The second kappa shape index (κ2) is 4.26. The van der Waals surface area contributed by atoms with Crippen LogP contribution >= 0.6 is 0 Å². The molecular formula is C11H16FN. The van der Waals surface area contributed by atoms with E-state index < -0.39 is 0 Å². The van der Waals surface area contributed by atoms with E-state index in [9.17, 15) is 4.39 Å². The van der Waals surface area contributed by atoms with Crippen molar-refractivity contribution in [2.24, 2.45) is 0 Å². The van der Waals surface area contributed by atoms with E-state index >= 15 is 0 Å². The van der Waals surface area contributed by atoms with Crippen LogP contribution in [0, 0.1) is 5.82 Å². The van der Waals surface area contributed by atoms with Crippen molar-refractivity contribution < 1.29 is 4.39 Å². The number of rotatable bonds is 3. The van der Waals surface area contributed by atoms with Crippen molar-refractivity contribution >= 4 is 5.69 Å². The Labute approximate surface area is 79.0 Å². The van der Waals surface area contributed by atoms with Crippen LogP contribution in [0.3, 0.4) is 0 Å². The fraction of sp³-hybridized carbons (Fsp3) is 0.455. The third kappa shape index (κ3) is 2.72. The summed E-state index contributed by atoms with van der Waals surface area (Å²) in [5.74, 6) is -0.161. The molecule has 0 heterocycles. The SMILES string of the molecule is CCc1cc(F)ccc1NC(C)C. The molecule has 0 amide bonds. The average molecular weight is 181 g/mol. The van der Waals surface area contributed by atoms with Gasteiger partial charge in [0.05, 0.1) is 0 Å². The van der Waals surface area contributed by atoms with Gasteiger partial charge in [-0.25, -0.2) is 4.39 Å². The molecule has 0 aliphatic heterocycles. The Hall–Kier alpha value is -1.05. The highest BCUT2D eigenvalue weighted by Gasteiger charge is 2.02. The van der Waals surface area contributed by atoms with Gasteiger partial charge in [-0.3, -0.25) is 0 Å². The van der Waals surface area contributed by atoms with Gasteiger partial charge in [0.1, 0.15) is 5.82 Å². The minimum Gasteiger partial charge on any atom is -0.383 e. The van der Waals surface area contributed by atoms with Gasteiger partial charge < -0.3 is 5.32 Å². The third-order valence-corrected chi connectivity index (χ3v) is 1.89. The predicted octanol–water partition coefficient (Wildman–Crippen LogP) is 3.21. The maximum Gasteiger partial charge on any atom is 0.123 e. The van der Waals surface area contributed by atoms with Crippen molar-refractivity contribution in [2.45, 2.75) is 33.2 Å². The molecule has 0 aliphatic rings. The Morgan fingerprint density at radius 2 is 2.08 bits per heavy atom. The molecule has 0 bridgehead atoms. The van der Waals surface area contributed by atoms with E-state index in [0.717, 1.165) is 17.7 Å². The molecule has 0 radical (unpaired) electrons. The number of hydrogen-bond donors (Lipinski definition) is 1. The smallest absolute Gasteiger partial charge is 0.123 e. The number of halogens is 1. The molecule has 1 aromatic rings. The Morgan fingerprint density at radius 1 is 1.38 bits per heavy atom. The van der Waals surface area contributed by atoms with E-state index in [4.69, 9.17) is 0 Å². The van der Waals surface area contributed by atoms with Gasteiger partial charge in [-0.15, -0.1) is 0 Å². The fourth-order valence-electron chi connectivity index (χ4n) is 1.31. The van der Waals surface area contributed by atoms with Gasteiger partial charge in [0, 0.05) is 11.7 Å². The monoisotopic (exact) mass is 181 g/mol. The van der Waals surface area contributed by atoms with Crippen LogP contribution in [0.1, 0.15) is 26.3 Å². The van der Waals surface area contributed by atoms with Crippen molar-refractivity contribution in [1.29, 1.82) is 0 Å². The van der Waals surface area contributed by atoms with Crippen LogP contribution in [0.4, 0.5) is 10.1 Å². The van der Waals surface area contributed by atoms with Crippen LogP contribution in [-0.4, -0.2) is 6.04 Å². The summed E-state index contributed by atoms with van der Waals surface area (Å²) in [4.78, 5) is 0. The van der Waals surface area contributed by atoms with Crippen molar-refractivity contribution in [3.05, 3.63) is 29.6 Å². The summed E-state index contributed by atoms with van der Waals surface area (Å²) in [5, 5.41) is 3.28. The minimum absolute atomic E-state index is 0.161. The molecule has 0 saturated heterocycles. The summed E-state index contributed by atoms with van der Waals surface area (Å²) in [7, 11) is 0. The topological polar surface area (TPSA) is 12.0 Å². The number of hydrogen-bond acceptors (Lipinski definition) is 1. The van der Waals surface area contributed by atoms with E-state index in [1.807, 2.05) is 6.92 Å². The first-order valence-electron chi connectivity index (χ1n) is 4.68. The van der Waals surface area contributed by atoms with Gasteiger partial charge in [0.2, 0.25) is 0 Å². The normalized spacial score (nSPS) is 10.5. The maximum absolute atomic E-state index is 12.8. The second-order valence-electron chi connectivity index (χ2n) is 3.45.